The number of fused-ring (bicyclic) bond motifs is 3. The number of ether oxygens (including phenoxy) is 1. The number of halogens is 1. The number of piperidine rings is 1. The lowest BCUT2D eigenvalue weighted by Gasteiger charge is -2.40. The van der Waals surface area contributed by atoms with Gasteiger partial charge in [-0.15, -0.1) is 5.54 Å². The topological polar surface area (TPSA) is 65.6 Å². The molecular formula is C31H36BrN3O3Si. The molecule has 204 valence electrons. The van der Waals surface area contributed by atoms with Gasteiger partial charge < -0.3 is 14.6 Å². The van der Waals surface area contributed by atoms with Gasteiger partial charge in [-0.1, -0.05) is 66.3 Å². The molecule has 0 aliphatic carbocycles. The van der Waals surface area contributed by atoms with Gasteiger partial charge in [0.15, 0.2) is 0 Å². The summed E-state index contributed by atoms with van der Waals surface area (Å²) in [5, 5.41) is 1.04. The van der Waals surface area contributed by atoms with Crippen molar-refractivity contribution in [1.82, 2.24) is 14.8 Å². The number of aromatic nitrogens is 1. The predicted octanol–water partition coefficient (Wildman–Crippen LogP) is 5.81. The lowest BCUT2D eigenvalue weighted by molar-refractivity contribution is -0.153. The van der Waals surface area contributed by atoms with Crippen molar-refractivity contribution in [3.8, 4) is 11.5 Å². The highest BCUT2D eigenvalue weighted by atomic mass is 79.9. The third-order valence-electron chi connectivity index (χ3n) is 7.59. The zero-order chi connectivity index (χ0) is 27.7. The van der Waals surface area contributed by atoms with E-state index in [4.69, 9.17) is 4.74 Å². The van der Waals surface area contributed by atoms with Crippen LogP contribution in [0.4, 0.5) is 0 Å². The fraction of sp³-hybridized carbons (Fsp3) is 0.419. The molecule has 2 aliphatic heterocycles. The molecule has 1 fully saturated rings. The molecule has 0 bridgehead atoms. The maximum absolute atomic E-state index is 13.8. The Bertz CT molecular complexity index is 1440. The van der Waals surface area contributed by atoms with E-state index in [0.29, 0.717) is 6.42 Å². The van der Waals surface area contributed by atoms with Crippen molar-refractivity contribution in [3.63, 3.8) is 0 Å². The van der Waals surface area contributed by atoms with Gasteiger partial charge >= 0.3 is 5.97 Å². The molecule has 6 nitrogen and oxygen atoms in total. The standard InChI is InChI=1S/C31H36BrN3O3Si/c1-38-31(37)27-19-25-24-18-23(32)12-13-26(24)33-29(25)30(35(27)28(36)14-17-39(2,3)4)22-10-8-21(9-11-22)20-34-15-6-5-7-16-34/h8-13,18,27,30,33H,5-7,15-16,19-20H2,1-4H3. The van der Waals surface area contributed by atoms with Crippen molar-refractivity contribution >= 4 is 46.8 Å². The molecule has 8 heteroatoms. The summed E-state index contributed by atoms with van der Waals surface area (Å²) in [7, 11) is -0.439. The molecule has 2 atom stereocenters. The van der Waals surface area contributed by atoms with Crippen LogP contribution in [0.5, 0.6) is 0 Å². The van der Waals surface area contributed by atoms with E-state index >= 15 is 0 Å². The number of rotatable bonds is 4. The summed E-state index contributed by atoms with van der Waals surface area (Å²) in [6.45, 7) is 9.51. The van der Waals surface area contributed by atoms with Crippen LogP contribution in [-0.4, -0.2) is 61.0 Å². The van der Waals surface area contributed by atoms with Gasteiger partial charge in [0.25, 0.3) is 5.91 Å². The number of benzene rings is 2. The monoisotopic (exact) mass is 605 g/mol. The van der Waals surface area contributed by atoms with Crippen LogP contribution in [0.3, 0.4) is 0 Å². The number of carbonyl (C=O) groups is 2. The Morgan fingerprint density at radius 2 is 1.79 bits per heavy atom. The number of amides is 1. The number of hydrogen-bond acceptors (Lipinski definition) is 4. The quantitative estimate of drug-likeness (QED) is 0.231. The molecule has 2 aromatic carbocycles. The summed E-state index contributed by atoms with van der Waals surface area (Å²) >= 11 is 3.60. The number of esters is 1. The van der Waals surface area contributed by atoms with E-state index < -0.39 is 26.1 Å². The summed E-state index contributed by atoms with van der Waals surface area (Å²) in [5.74, 6) is 2.13. The van der Waals surface area contributed by atoms with Gasteiger partial charge in [0, 0.05) is 34.0 Å². The Balaban J connectivity index is 1.62. The number of aromatic amines is 1. The SMILES string of the molecule is COC(=O)C1Cc2c([nH]c3ccc(Br)cc23)C(c2ccc(CN3CCCCC3)cc2)N1C(=O)C#C[Si](C)(C)C. The lowest BCUT2D eigenvalue weighted by Crippen LogP contribution is -2.51. The maximum atomic E-state index is 13.8. The van der Waals surface area contributed by atoms with Crippen molar-refractivity contribution in [2.45, 2.75) is 64.0 Å². The van der Waals surface area contributed by atoms with E-state index in [2.05, 4.69) is 87.3 Å². The minimum absolute atomic E-state index is 0.347. The first-order valence-corrected chi connectivity index (χ1v) is 18.0. The highest BCUT2D eigenvalue weighted by molar-refractivity contribution is 9.10. The summed E-state index contributed by atoms with van der Waals surface area (Å²) in [4.78, 5) is 34.7. The van der Waals surface area contributed by atoms with Crippen molar-refractivity contribution in [2.75, 3.05) is 20.2 Å². The highest BCUT2D eigenvalue weighted by Crippen LogP contribution is 2.42. The van der Waals surface area contributed by atoms with E-state index in [1.54, 1.807) is 4.90 Å². The van der Waals surface area contributed by atoms with Crippen molar-refractivity contribution < 1.29 is 14.3 Å². The second-order valence-corrected chi connectivity index (χ2v) is 17.3. The van der Waals surface area contributed by atoms with Crippen molar-refractivity contribution in [2.24, 2.45) is 0 Å². The van der Waals surface area contributed by atoms with Crippen LogP contribution in [0.15, 0.2) is 46.9 Å². The van der Waals surface area contributed by atoms with Crippen LogP contribution in [-0.2, 0) is 27.3 Å². The number of carbonyl (C=O) groups excluding carboxylic acids is 2. The molecule has 1 aromatic heterocycles. The van der Waals surface area contributed by atoms with E-state index in [0.717, 1.165) is 51.8 Å². The van der Waals surface area contributed by atoms with Crippen LogP contribution < -0.4 is 0 Å². The highest BCUT2D eigenvalue weighted by Gasteiger charge is 2.44. The number of methoxy groups -OCH3 is 1. The molecular weight excluding hydrogens is 570 g/mol. The minimum atomic E-state index is -1.82. The van der Waals surface area contributed by atoms with Gasteiger partial charge in [-0.2, -0.15) is 0 Å². The molecule has 0 radical (unpaired) electrons. The van der Waals surface area contributed by atoms with Gasteiger partial charge in [0.05, 0.1) is 13.2 Å². The first kappa shape index (κ1) is 27.7. The second kappa shape index (κ2) is 11.3. The number of hydrogen-bond donors (Lipinski definition) is 1. The van der Waals surface area contributed by atoms with Gasteiger partial charge in [0.1, 0.15) is 14.1 Å². The van der Waals surface area contributed by atoms with Crippen LogP contribution in [0, 0.1) is 11.5 Å². The molecule has 0 saturated carbocycles. The molecule has 5 rings (SSSR count). The van der Waals surface area contributed by atoms with Crippen LogP contribution in [0.2, 0.25) is 19.6 Å². The maximum Gasteiger partial charge on any atom is 0.328 e. The normalized spacial score (nSPS) is 19.8. The van der Waals surface area contributed by atoms with Gasteiger partial charge in [-0.25, -0.2) is 4.79 Å². The van der Waals surface area contributed by atoms with Crippen LogP contribution in [0.1, 0.15) is 47.7 Å². The Hall–Kier alpha value is -2.86. The molecule has 1 N–H and O–H groups in total. The van der Waals surface area contributed by atoms with Gasteiger partial charge in [0.2, 0.25) is 0 Å². The minimum Gasteiger partial charge on any atom is -0.467 e. The lowest BCUT2D eigenvalue weighted by atomic mass is 9.87. The first-order chi connectivity index (χ1) is 18.6. The number of H-pyrrole nitrogens is 1. The first-order valence-electron chi connectivity index (χ1n) is 13.7. The van der Waals surface area contributed by atoms with Crippen molar-refractivity contribution in [1.29, 1.82) is 0 Å². The Morgan fingerprint density at radius 1 is 1.08 bits per heavy atom. The second-order valence-electron chi connectivity index (χ2n) is 11.6. The molecule has 1 saturated heterocycles. The number of nitrogens with one attached hydrogen (secondary N) is 1. The van der Waals surface area contributed by atoms with Gasteiger partial charge in [-0.3, -0.25) is 9.69 Å². The summed E-state index contributed by atoms with van der Waals surface area (Å²) in [6.07, 6.45) is 4.18. The summed E-state index contributed by atoms with van der Waals surface area (Å²) in [5.41, 5.74) is 8.33. The molecule has 39 heavy (non-hydrogen) atoms. The molecule has 0 spiro atoms. The molecule has 3 aromatic rings. The van der Waals surface area contributed by atoms with Gasteiger partial charge in [-0.05, 0) is 66.7 Å². The van der Waals surface area contributed by atoms with E-state index in [9.17, 15) is 9.59 Å². The summed E-state index contributed by atoms with van der Waals surface area (Å²) < 4.78 is 6.20. The molecule has 1 amide bonds. The number of likely N-dealkylation sites (tertiary alicyclic amines) is 1. The summed E-state index contributed by atoms with van der Waals surface area (Å²) in [6, 6.07) is 13.3. The van der Waals surface area contributed by atoms with E-state index in [1.807, 2.05) is 12.1 Å². The van der Waals surface area contributed by atoms with Crippen molar-refractivity contribution in [3.05, 3.63) is 69.3 Å². The smallest absolute Gasteiger partial charge is 0.328 e. The molecule has 2 unspecified atom stereocenters. The predicted molar refractivity (Wildman–Crippen MR) is 161 cm³/mol. The largest absolute Gasteiger partial charge is 0.467 e. The molecule has 2 aliphatic rings. The average Bonchev–Trinajstić information content (AvgIpc) is 3.28. The fourth-order valence-corrected chi connectivity index (χ4v) is 6.55. The zero-order valence-corrected chi connectivity index (χ0v) is 25.7. The number of nitrogens with zero attached hydrogens (tertiary/aromatic N) is 2. The Kier molecular flexibility index (Phi) is 8.04. The zero-order valence-electron chi connectivity index (χ0n) is 23.1. The van der Waals surface area contributed by atoms with Crippen LogP contribution in [0.25, 0.3) is 10.9 Å². The molecule has 3 heterocycles. The third kappa shape index (κ3) is 6.01. The fourth-order valence-electron chi connectivity index (χ4n) is 5.71. The van der Waals surface area contributed by atoms with E-state index in [1.165, 1.54) is 31.9 Å². The van der Waals surface area contributed by atoms with Crippen LogP contribution >= 0.6 is 15.9 Å². The Labute approximate surface area is 240 Å². The average molecular weight is 607 g/mol. The Morgan fingerprint density at radius 3 is 2.46 bits per heavy atom. The third-order valence-corrected chi connectivity index (χ3v) is 8.96. The van der Waals surface area contributed by atoms with E-state index in [-0.39, 0.29) is 5.91 Å².